The maximum atomic E-state index is 12.5. The van der Waals surface area contributed by atoms with Crippen molar-refractivity contribution in [3.63, 3.8) is 0 Å². The highest BCUT2D eigenvalue weighted by molar-refractivity contribution is 5.77. The SMILES string of the molecule is COC(=O)C1O[C@H]([n+]2cc([N+](=O)[O-])n(CCO)c2C)C(OC(C)=O)C(OC(C)=O)[C@@H]1OC(C)=O.[Br-]. The molecule has 1 aromatic rings. The third-order valence-electron chi connectivity index (χ3n) is 4.93. The molecule has 1 saturated heterocycles. The Labute approximate surface area is 209 Å². The van der Waals surface area contributed by atoms with Crippen LogP contribution in [0.2, 0.25) is 0 Å². The summed E-state index contributed by atoms with van der Waals surface area (Å²) in [6.07, 6.45) is -6.66. The number of nitrogens with zero attached hydrogens (tertiary/aromatic N) is 3. The molecule has 3 unspecified atom stereocenters. The first-order valence-corrected chi connectivity index (χ1v) is 10.0. The van der Waals surface area contributed by atoms with Gasteiger partial charge in [0.1, 0.15) is 6.54 Å². The van der Waals surface area contributed by atoms with Gasteiger partial charge in [0.25, 0.3) is 5.82 Å². The highest BCUT2D eigenvalue weighted by atomic mass is 79.9. The maximum Gasteiger partial charge on any atom is 0.365 e. The van der Waals surface area contributed by atoms with Gasteiger partial charge in [-0.15, -0.1) is 0 Å². The normalized spacial score (nSPS) is 23.4. The summed E-state index contributed by atoms with van der Waals surface area (Å²) >= 11 is 0. The Balaban J connectivity index is 0.00000612. The monoisotopic (exact) mass is 567 g/mol. The standard InChI is InChI=1S/C19H26N3O12.BrH/c1-9-20(6-7-23)13(22(28)29)8-21(9)18-16(33-12(4)26)14(31-10(2)24)15(32-11(3)25)17(34-18)19(27)30-5;/h8,14-18,23H,6-7H2,1-5H3;1H/q+1;/p-1/t14?,15-,16?,17?,18-;/m0./s1. The van der Waals surface area contributed by atoms with Gasteiger partial charge in [-0.25, -0.2) is 4.79 Å². The smallest absolute Gasteiger partial charge is 0.365 e. The van der Waals surface area contributed by atoms with Crippen molar-refractivity contribution in [2.45, 2.75) is 64.9 Å². The fraction of sp³-hybridized carbons (Fsp3) is 0.632. The van der Waals surface area contributed by atoms with Crippen LogP contribution in [0.4, 0.5) is 5.82 Å². The molecule has 5 atom stereocenters. The van der Waals surface area contributed by atoms with E-state index in [1.54, 1.807) is 0 Å². The topological polar surface area (TPSA) is 187 Å². The lowest BCUT2D eigenvalue weighted by Crippen LogP contribution is -3.00. The zero-order valence-corrected chi connectivity index (χ0v) is 21.1. The first kappa shape index (κ1) is 29.9. The second-order valence-corrected chi connectivity index (χ2v) is 7.27. The highest BCUT2D eigenvalue weighted by Crippen LogP contribution is 2.33. The number of imidazole rings is 1. The molecule has 2 heterocycles. The Hall–Kier alpha value is -3.11. The van der Waals surface area contributed by atoms with E-state index in [1.807, 2.05) is 0 Å². The number of carbonyl (C=O) groups excluding carboxylic acids is 4. The van der Waals surface area contributed by atoms with Crippen molar-refractivity contribution in [2.75, 3.05) is 13.7 Å². The molecule has 1 aromatic heterocycles. The molecule has 0 aliphatic carbocycles. The lowest BCUT2D eigenvalue weighted by atomic mass is 9.96. The summed E-state index contributed by atoms with van der Waals surface area (Å²) in [5.41, 5.74) is 0. The van der Waals surface area contributed by atoms with Gasteiger partial charge in [0.15, 0.2) is 24.5 Å². The molecule has 0 aromatic carbocycles. The zero-order chi connectivity index (χ0) is 25.7. The molecule has 1 aliphatic heterocycles. The molecule has 16 heteroatoms. The number of aliphatic hydroxyl groups is 1. The summed E-state index contributed by atoms with van der Waals surface area (Å²) in [6.45, 7) is 4.04. The number of hydrogen-bond donors (Lipinski definition) is 1. The minimum Gasteiger partial charge on any atom is -1.00 e. The average Bonchev–Trinajstić information content (AvgIpc) is 3.06. The van der Waals surface area contributed by atoms with E-state index in [1.165, 1.54) is 16.1 Å². The summed E-state index contributed by atoms with van der Waals surface area (Å²) in [7, 11) is 1.05. The maximum absolute atomic E-state index is 12.5. The van der Waals surface area contributed by atoms with Crippen LogP contribution in [-0.2, 0) is 49.4 Å². The highest BCUT2D eigenvalue weighted by Gasteiger charge is 2.57. The fourth-order valence-corrected chi connectivity index (χ4v) is 3.69. The van der Waals surface area contributed by atoms with Gasteiger partial charge in [0, 0.05) is 27.7 Å². The second kappa shape index (κ2) is 12.6. The van der Waals surface area contributed by atoms with Gasteiger partial charge in [0.2, 0.25) is 12.3 Å². The van der Waals surface area contributed by atoms with Gasteiger partial charge >= 0.3 is 29.7 Å². The van der Waals surface area contributed by atoms with E-state index in [0.717, 1.165) is 34.1 Å². The number of rotatable bonds is 8. The van der Waals surface area contributed by atoms with Crippen LogP contribution in [0.3, 0.4) is 0 Å². The van der Waals surface area contributed by atoms with Crippen molar-refractivity contribution in [2.24, 2.45) is 0 Å². The molecule has 196 valence electrons. The Kier molecular flexibility index (Phi) is 10.7. The average molecular weight is 568 g/mol. The molecule has 0 amide bonds. The quantitative estimate of drug-likeness (QED) is 0.105. The molecule has 0 saturated carbocycles. The lowest BCUT2D eigenvalue weighted by Gasteiger charge is -2.42. The van der Waals surface area contributed by atoms with Crippen molar-refractivity contribution in [3.8, 4) is 0 Å². The van der Waals surface area contributed by atoms with Crippen LogP contribution in [0.25, 0.3) is 0 Å². The molecular formula is C19H26BrN3O12. The van der Waals surface area contributed by atoms with Gasteiger partial charge in [0.05, 0.1) is 13.7 Å². The van der Waals surface area contributed by atoms with Crippen molar-refractivity contribution in [3.05, 3.63) is 22.1 Å². The Morgan fingerprint density at radius 3 is 2.06 bits per heavy atom. The van der Waals surface area contributed by atoms with Gasteiger partial charge in [-0.3, -0.25) is 14.4 Å². The summed E-state index contributed by atoms with van der Waals surface area (Å²) in [6, 6.07) is 0. The Bertz CT molecular complexity index is 981. The fourth-order valence-electron chi connectivity index (χ4n) is 3.69. The molecule has 2 rings (SSSR count). The largest absolute Gasteiger partial charge is 1.00 e. The first-order valence-electron chi connectivity index (χ1n) is 10.0. The van der Waals surface area contributed by atoms with E-state index in [4.69, 9.17) is 23.7 Å². The third-order valence-corrected chi connectivity index (χ3v) is 4.93. The van der Waals surface area contributed by atoms with Gasteiger partial charge in [-0.2, -0.15) is 9.13 Å². The van der Waals surface area contributed by atoms with Crippen molar-refractivity contribution in [1.82, 2.24) is 4.57 Å². The van der Waals surface area contributed by atoms with Gasteiger partial charge in [-0.1, -0.05) is 0 Å². The van der Waals surface area contributed by atoms with E-state index in [9.17, 15) is 34.4 Å². The minimum atomic E-state index is -1.65. The van der Waals surface area contributed by atoms with Gasteiger partial charge in [-0.05, 0) is 4.92 Å². The summed E-state index contributed by atoms with van der Waals surface area (Å²) < 4.78 is 28.7. The van der Waals surface area contributed by atoms with E-state index in [-0.39, 0.29) is 29.4 Å². The molecule has 0 radical (unpaired) electrons. The van der Waals surface area contributed by atoms with Crippen molar-refractivity contribution < 1.29 is 74.4 Å². The number of aromatic nitrogens is 2. The molecule has 35 heavy (non-hydrogen) atoms. The molecule has 0 spiro atoms. The number of ether oxygens (including phenoxy) is 5. The second-order valence-electron chi connectivity index (χ2n) is 7.27. The zero-order valence-electron chi connectivity index (χ0n) is 19.5. The van der Waals surface area contributed by atoms with E-state index >= 15 is 0 Å². The van der Waals surface area contributed by atoms with Crippen LogP contribution >= 0.6 is 0 Å². The van der Waals surface area contributed by atoms with Crippen LogP contribution in [0.1, 0.15) is 32.8 Å². The number of aliphatic hydroxyl groups excluding tert-OH is 1. The number of methoxy groups -OCH3 is 1. The van der Waals surface area contributed by atoms with E-state index in [2.05, 4.69) is 0 Å². The van der Waals surface area contributed by atoms with Crippen molar-refractivity contribution in [1.29, 1.82) is 0 Å². The number of carbonyl (C=O) groups is 4. The van der Waals surface area contributed by atoms with Gasteiger partial charge < -0.3 is 55.9 Å². The van der Waals surface area contributed by atoms with Crippen LogP contribution in [0.5, 0.6) is 0 Å². The number of nitro groups is 1. The molecule has 1 fully saturated rings. The molecule has 1 N–H and O–H groups in total. The van der Waals surface area contributed by atoms with E-state index < -0.39 is 71.9 Å². The van der Waals surface area contributed by atoms with Crippen molar-refractivity contribution >= 4 is 29.7 Å². The summed E-state index contributed by atoms with van der Waals surface area (Å²) in [4.78, 5) is 58.9. The lowest BCUT2D eigenvalue weighted by molar-refractivity contribution is -0.781. The van der Waals surface area contributed by atoms with Crippen LogP contribution in [0.15, 0.2) is 6.20 Å². The third kappa shape index (κ3) is 6.73. The number of esters is 4. The van der Waals surface area contributed by atoms with Crippen LogP contribution in [-0.4, -0.2) is 76.6 Å². The number of halogens is 1. The summed E-state index contributed by atoms with van der Waals surface area (Å²) in [5.74, 6) is -3.80. The van der Waals surface area contributed by atoms with Crippen LogP contribution in [0, 0.1) is 17.0 Å². The molecule has 1 aliphatic rings. The van der Waals surface area contributed by atoms with Crippen LogP contribution < -0.4 is 21.5 Å². The summed E-state index contributed by atoms with van der Waals surface area (Å²) in [5, 5.41) is 20.9. The minimum absolute atomic E-state index is 0. The Morgan fingerprint density at radius 2 is 1.60 bits per heavy atom. The molecule has 0 bridgehead atoms. The number of hydrogen-bond acceptors (Lipinski definition) is 12. The Morgan fingerprint density at radius 1 is 1.09 bits per heavy atom. The first-order chi connectivity index (χ1) is 15.9. The molecule has 15 nitrogen and oxygen atoms in total. The molecular weight excluding hydrogens is 542 g/mol. The van der Waals surface area contributed by atoms with E-state index in [0.29, 0.717) is 0 Å². The predicted octanol–water partition coefficient (Wildman–Crippen LogP) is -4.15. The predicted molar refractivity (Wildman–Crippen MR) is 106 cm³/mol.